The van der Waals surface area contributed by atoms with Gasteiger partial charge in [0.25, 0.3) is 5.91 Å². The van der Waals surface area contributed by atoms with Crippen molar-refractivity contribution in [2.45, 2.75) is 13.0 Å². The highest BCUT2D eigenvalue weighted by atomic mass is 35.5. The normalized spacial score (nSPS) is 11.7. The van der Waals surface area contributed by atoms with E-state index in [-0.39, 0.29) is 12.5 Å². The van der Waals surface area contributed by atoms with Crippen LogP contribution >= 0.6 is 11.6 Å². The van der Waals surface area contributed by atoms with Gasteiger partial charge in [0.15, 0.2) is 6.10 Å². The number of carboxylic acid groups (broad SMARTS) is 1. The maximum absolute atomic E-state index is 11.7. The van der Waals surface area contributed by atoms with Gasteiger partial charge in [-0.2, -0.15) is 0 Å². The van der Waals surface area contributed by atoms with Gasteiger partial charge in [-0.1, -0.05) is 23.6 Å². The molecular weight excluding hydrogens is 294 g/mol. The van der Waals surface area contributed by atoms with Crippen LogP contribution in [0.1, 0.15) is 12.5 Å². The molecule has 110 valence electrons. The summed E-state index contributed by atoms with van der Waals surface area (Å²) in [4.78, 5) is 22.3. The van der Waals surface area contributed by atoms with Gasteiger partial charge >= 0.3 is 5.97 Å². The Labute approximate surface area is 127 Å². The summed E-state index contributed by atoms with van der Waals surface area (Å²) in [6.07, 6.45) is 6.51. The second-order valence-corrected chi connectivity index (χ2v) is 4.41. The van der Waals surface area contributed by atoms with Gasteiger partial charge in [0, 0.05) is 11.6 Å². The summed E-state index contributed by atoms with van der Waals surface area (Å²) in [5.41, 5.74) is 0.387. The number of amides is 1. The summed E-state index contributed by atoms with van der Waals surface area (Å²) >= 11 is 6.01. The van der Waals surface area contributed by atoms with Gasteiger partial charge in [-0.15, -0.1) is 6.42 Å². The molecule has 0 fully saturated rings. The number of carboxylic acids is 1. The maximum atomic E-state index is 11.7. The van der Waals surface area contributed by atoms with E-state index in [1.54, 1.807) is 25.1 Å². The van der Waals surface area contributed by atoms with E-state index in [0.29, 0.717) is 16.3 Å². The maximum Gasteiger partial charge on any atom is 0.328 e. The van der Waals surface area contributed by atoms with Gasteiger partial charge in [0.2, 0.25) is 0 Å². The second-order valence-electron chi connectivity index (χ2n) is 4.01. The van der Waals surface area contributed by atoms with E-state index in [4.69, 9.17) is 27.9 Å². The second kappa shape index (κ2) is 7.98. The highest BCUT2D eigenvalue weighted by Gasteiger charge is 2.16. The lowest BCUT2D eigenvalue weighted by Crippen LogP contribution is -2.36. The summed E-state index contributed by atoms with van der Waals surface area (Å²) in [5.74, 6) is 1.11. The highest BCUT2D eigenvalue weighted by Crippen LogP contribution is 2.28. The average Bonchev–Trinajstić information content (AvgIpc) is 2.43. The predicted octanol–water partition coefficient (Wildman–Crippen LogP) is 1.95. The highest BCUT2D eigenvalue weighted by molar-refractivity contribution is 6.32. The molecule has 21 heavy (non-hydrogen) atoms. The molecule has 0 aliphatic heterocycles. The molecule has 0 saturated carbocycles. The molecule has 1 rings (SSSR count). The number of rotatable bonds is 6. The molecule has 5 nitrogen and oxygen atoms in total. The van der Waals surface area contributed by atoms with E-state index in [0.717, 1.165) is 6.08 Å². The molecule has 0 aliphatic rings. The first kappa shape index (κ1) is 16.6. The Kier molecular flexibility index (Phi) is 6.31. The third kappa shape index (κ3) is 5.21. The van der Waals surface area contributed by atoms with Gasteiger partial charge in [-0.05, 0) is 25.1 Å². The van der Waals surface area contributed by atoms with E-state index >= 15 is 0 Å². The number of hydrogen-bond acceptors (Lipinski definition) is 3. The summed E-state index contributed by atoms with van der Waals surface area (Å²) < 4.78 is 5.51. The third-order valence-corrected chi connectivity index (χ3v) is 2.77. The molecule has 0 bridgehead atoms. The molecule has 0 radical (unpaired) electrons. The zero-order chi connectivity index (χ0) is 15.8. The van der Waals surface area contributed by atoms with Crippen LogP contribution in [0.2, 0.25) is 5.02 Å². The number of hydrogen-bond donors (Lipinski definition) is 2. The first-order valence-electron chi connectivity index (χ1n) is 6.03. The predicted molar refractivity (Wildman–Crippen MR) is 80.1 cm³/mol. The van der Waals surface area contributed by atoms with Crippen molar-refractivity contribution in [2.24, 2.45) is 0 Å². The number of halogens is 1. The fraction of sp³-hybridized carbons (Fsp3) is 0.200. The fourth-order valence-corrected chi connectivity index (χ4v) is 1.69. The molecule has 0 aromatic heterocycles. The van der Waals surface area contributed by atoms with Crippen LogP contribution in [0.4, 0.5) is 0 Å². The van der Waals surface area contributed by atoms with E-state index in [9.17, 15) is 9.59 Å². The zero-order valence-corrected chi connectivity index (χ0v) is 12.1. The Morgan fingerprint density at radius 3 is 2.90 bits per heavy atom. The Morgan fingerprint density at radius 1 is 1.57 bits per heavy atom. The third-order valence-electron chi connectivity index (χ3n) is 2.44. The van der Waals surface area contributed by atoms with E-state index in [1.807, 2.05) is 0 Å². The monoisotopic (exact) mass is 307 g/mol. The minimum absolute atomic E-state index is 0.105. The molecular formula is C15H14ClNO4. The lowest BCUT2D eigenvalue weighted by molar-refractivity contribution is -0.131. The molecule has 0 spiro atoms. The summed E-state index contributed by atoms with van der Waals surface area (Å²) in [7, 11) is 0. The molecule has 0 aliphatic carbocycles. The Morgan fingerprint density at radius 2 is 2.29 bits per heavy atom. The van der Waals surface area contributed by atoms with Crippen molar-refractivity contribution in [1.82, 2.24) is 5.32 Å². The lowest BCUT2D eigenvalue weighted by Gasteiger charge is -2.16. The van der Waals surface area contributed by atoms with Crippen LogP contribution in [0, 0.1) is 12.3 Å². The van der Waals surface area contributed by atoms with Gasteiger partial charge in [-0.3, -0.25) is 4.79 Å². The number of benzene rings is 1. The van der Waals surface area contributed by atoms with Crippen molar-refractivity contribution >= 4 is 29.6 Å². The van der Waals surface area contributed by atoms with Crippen molar-refractivity contribution in [3.8, 4) is 18.1 Å². The molecule has 1 atom stereocenters. The molecule has 1 unspecified atom stereocenters. The van der Waals surface area contributed by atoms with Crippen molar-refractivity contribution in [3.63, 3.8) is 0 Å². The Balaban J connectivity index is 2.93. The molecule has 0 saturated heterocycles. The standard InChI is InChI=1S/C15H14ClNO4/c1-3-9-17-15(20)10(2)21-13-6-4-5-12(16)11(13)7-8-14(18)19/h1,4-8,10H,9H2,2H3,(H,17,20)(H,18,19)/b8-7+. The Bertz CT molecular complexity index is 604. The van der Waals surface area contributed by atoms with Crippen molar-refractivity contribution in [3.05, 3.63) is 34.9 Å². The molecule has 0 heterocycles. The van der Waals surface area contributed by atoms with E-state index < -0.39 is 12.1 Å². The molecule has 1 aromatic carbocycles. The molecule has 1 aromatic rings. The first-order valence-corrected chi connectivity index (χ1v) is 6.41. The van der Waals surface area contributed by atoms with Crippen LogP contribution < -0.4 is 10.1 Å². The lowest BCUT2D eigenvalue weighted by atomic mass is 10.2. The molecule has 2 N–H and O–H groups in total. The summed E-state index contributed by atoms with van der Waals surface area (Å²) in [6.45, 7) is 1.66. The van der Waals surface area contributed by atoms with Crippen molar-refractivity contribution in [2.75, 3.05) is 6.54 Å². The average molecular weight is 308 g/mol. The zero-order valence-electron chi connectivity index (χ0n) is 11.3. The van der Waals surface area contributed by atoms with E-state index in [1.165, 1.54) is 6.08 Å². The smallest absolute Gasteiger partial charge is 0.328 e. The summed E-state index contributed by atoms with van der Waals surface area (Å²) in [6, 6.07) is 4.83. The topological polar surface area (TPSA) is 75.6 Å². The van der Waals surface area contributed by atoms with Crippen LogP contribution in [-0.2, 0) is 9.59 Å². The largest absolute Gasteiger partial charge is 0.480 e. The van der Waals surface area contributed by atoms with Crippen LogP contribution in [0.25, 0.3) is 6.08 Å². The SMILES string of the molecule is C#CCNC(=O)C(C)Oc1cccc(Cl)c1/C=C/C(=O)O. The van der Waals surface area contributed by atoms with Crippen LogP contribution in [0.15, 0.2) is 24.3 Å². The van der Waals surface area contributed by atoms with Crippen molar-refractivity contribution in [1.29, 1.82) is 0 Å². The number of carbonyl (C=O) groups is 2. The minimum Gasteiger partial charge on any atom is -0.480 e. The van der Waals surface area contributed by atoms with Crippen molar-refractivity contribution < 1.29 is 19.4 Å². The van der Waals surface area contributed by atoms with E-state index in [2.05, 4.69) is 11.2 Å². The number of nitrogens with one attached hydrogen (secondary N) is 1. The van der Waals surface area contributed by atoms with Crippen LogP contribution in [0.3, 0.4) is 0 Å². The van der Waals surface area contributed by atoms with Crippen LogP contribution in [-0.4, -0.2) is 29.6 Å². The first-order chi connectivity index (χ1) is 9.95. The van der Waals surface area contributed by atoms with Gasteiger partial charge < -0.3 is 15.2 Å². The number of carbonyl (C=O) groups excluding carboxylic acids is 1. The quantitative estimate of drug-likeness (QED) is 0.622. The molecule has 1 amide bonds. The van der Waals surface area contributed by atoms with Gasteiger partial charge in [0.05, 0.1) is 11.6 Å². The summed E-state index contributed by atoms with van der Waals surface area (Å²) in [5, 5.41) is 11.5. The fourth-order valence-electron chi connectivity index (χ4n) is 1.46. The minimum atomic E-state index is -1.11. The Hall–Kier alpha value is -2.45. The number of ether oxygens (including phenoxy) is 1. The van der Waals surface area contributed by atoms with Crippen LogP contribution in [0.5, 0.6) is 5.75 Å². The number of aliphatic carboxylic acids is 1. The number of terminal acetylenes is 1. The molecule has 6 heteroatoms. The van der Waals surface area contributed by atoms with Gasteiger partial charge in [0.1, 0.15) is 5.75 Å². The van der Waals surface area contributed by atoms with Gasteiger partial charge in [-0.25, -0.2) is 4.79 Å².